The lowest BCUT2D eigenvalue weighted by molar-refractivity contribution is -0.141. The number of carboxylic acids is 1. The van der Waals surface area contributed by atoms with Crippen LogP contribution in [-0.4, -0.2) is 64.5 Å². The lowest BCUT2D eigenvalue weighted by Gasteiger charge is -2.49. The Morgan fingerprint density at radius 2 is 1.81 bits per heavy atom. The van der Waals surface area contributed by atoms with Crippen molar-refractivity contribution in [3.8, 4) is 5.75 Å². The van der Waals surface area contributed by atoms with Gasteiger partial charge in [-0.15, -0.1) is 0 Å². The number of aliphatic hydroxyl groups excluding tert-OH is 1. The van der Waals surface area contributed by atoms with Gasteiger partial charge in [0.2, 0.25) is 23.6 Å². The SMILES string of the molecule is C[C@@]12C(=O)N(c3ccc(F)c(Cl)c3)C(=O)[C@@H]1C[C@@H]1C(=CC[C@@H]3C(=O)N(CCCCCC(=O)O)C(=O)[C@@H]31)[C@@H]2c1ccccc1OCCO. The number of unbranched alkanes of at least 4 members (excludes halogenated alkanes) is 2. The Hall–Kier alpha value is -4.09. The van der Waals surface area contributed by atoms with Crippen LogP contribution in [0.25, 0.3) is 0 Å². The Morgan fingerprint density at radius 1 is 1.04 bits per heavy atom. The first kappa shape index (κ1) is 32.8. The Kier molecular flexibility index (Phi) is 8.97. The van der Waals surface area contributed by atoms with Crippen LogP contribution in [0.1, 0.15) is 56.9 Å². The van der Waals surface area contributed by atoms with E-state index in [-0.39, 0.29) is 61.5 Å². The third kappa shape index (κ3) is 5.43. The molecule has 2 aliphatic carbocycles. The topological polar surface area (TPSA) is 142 Å². The maximum atomic E-state index is 14.6. The zero-order valence-corrected chi connectivity index (χ0v) is 26.6. The zero-order valence-electron chi connectivity index (χ0n) is 25.9. The first-order valence-corrected chi connectivity index (χ1v) is 16.3. The molecule has 2 saturated heterocycles. The van der Waals surface area contributed by atoms with Crippen LogP contribution in [0.4, 0.5) is 10.1 Å². The second-order valence-corrected chi connectivity index (χ2v) is 13.3. The number of nitrogens with zero attached hydrogens (tertiary/aromatic N) is 2. The summed E-state index contributed by atoms with van der Waals surface area (Å²) >= 11 is 6.07. The van der Waals surface area contributed by atoms with Gasteiger partial charge in [-0.3, -0.25) is 28.9 Å². The van der Waals surface area contributed by atoms with Gasteiger partial charge in [-0.2, -0.15) is 0 Å². The number of likely N-dealkylation sites (tertiary alicyclic amines) is 1. The summed E-state index contributed by atoms with van der Waals surface area (Å²) in [6.07, 6.45) is 3.88. The molecule has 12 heteroatoms. The van der Waals surface area contributed by atoms with Crippen LogP contribution < -0.4 is 9.64 Å². The molecule has 248 valence electrons. The van der Waals surface area contributed by atoms with Gasteiger partial charge in [0, 0.05) is 24.4 Å². The minimum Gasteiger partial charge on any atom is -0.491 e. The summed E-state index contributed by atoms with van der Waals surface area (Å²) in [4.78, 5) is 69.7. The molecular weight excluding hydrogens is 631 g/mol. The standard InChI is InChI=1S/C35H36ClFN2O8/c1-35-24(32(44)39(34(35)46)19-10-13-26(37)25(36)17-19)18-23-20(30(35)21-7-4-5-8-27(21)47-16-15-40)11-12-22-29(23)33(45)38(31(22)43)14-6-2-3-9-28(41)42/h4-5,7-8,10-11,13,17,22-24,29-30,40H,2-3,6,9,12,14-16,18H2,1H3,(H,41,42)/t22-,23+,24-,29-,30+,35+/m0/s1. The van der Waals surface area contributed by atoms with Gasteiger partial charge in [0.1, 0.15) is 18.2 Å². The number of anilines is 1. The highest BCUT2D eigenvalue weighted by Crippen LogP contribution is 2.64. The first-order valence-electron chi connectivity index (χ1n) is 15.9. The number of carboxylic acid groups (broad SMARTS) is 1. The maximum Gasteiger partial charge on any atom is 0.303 e. The number of fused-ring (bicyclic) bond motifs is 4. The molecule has 2 heterocycles. The lowest BCUT2D eigenvalue weighted by atomic mass is 9.51. The number of halogens is 2. The quantitative estimate of drug-likeness (QED) is 0.199. The van der Waals surface area contributed by atoms with Crippen molar-refractivity contribution in [2.75, 3.05) is 24.7 Å². The Labute approximate surface area is 276 Å². The molecule has 0 bridgehead atoms. The van der Waals surface area contributed by atoms with Gasteiger partial charge < -0.3 is 14.9 Å². The van der Waals surface area contributed by atoms with Gasteiger partial charge in [-0.05, 0) is 62.8 Å². The van der Waals surface area contributed by atoms with E-state index < -0.39 is 58.6 Å². The molecule has 10 nitrogen and oxygen atoms in total. The van der Waals surface area contributed by atoms with E-state index in [1.54, 1.807) is 25.1 Å². The van der Waals surface area contributed by atoms with Crippen LogP contribution in [0.5, 0.6) is 5.75 Å². The van der Waals surface area contributed by atoms with Gasteiger partial charge in [0.05, 0.1) is 40.5 Å². The number of carbonyl (C=O) groups excluding carboxylic acids is 4. The molecule has 2 aromatic carbocycles. The van der Waals surface area contributed by atoms with Crippen molar-refractivity contribution in [3.63, 3.8) is 0 Å². The van der Waals surface area contributed by atoms with Crippen molar-refractivity contribution in [1.29, 1.82) is 0 Å². The van der Waals surface area contributed by atoms with Crippen molar-refractivity contribution in [2.24, 2.45) is 29.1 Å². The fourth-order valence-corrected chi connectivity index (χ4v) is 8.42. The van der Waals surface area contributed by atoms with Crippen LogP contribution in [0.2, 0.25) is 5.02 Å². The second-order valence-electron chi connectivity index (χ2n) is 12.9. The molecule has 6 atom stereocenters. The number of hydrogen-bond acceptors (Lipinski definition) is 7. The fourth-order valence-electron chi connectivity index (χ4n) is 8.24. The van der Waals surface area contributed by atoms with Gasteiger partial charge in [0.25, 0.3) is 0 Å². The highest BCUT2D eigenvalue weighted by atomic mass is 35.5. The molecule has 0 spiro atoms. The van der Waals surface area contributed by atoms with Crippen LogP contribution >= 0.6 is 11.6 Å². The zero-order chi connectivity index (χ0) is 33.6. The molecule has 4 aliphatic rings. The predicted molar refractivity (Wildman–Crippen MR) is 168 cm³/mol. The van der Waals surface area contributed by atoms with E-state index in [2.05, 4.69) is 0 Å². The molecule has 6 rings (SSSR count). The van der Waals surface area contributed by atoms with Gasteiger partial charge in [-0.25, -0.2) is 9.29 Å². The number of allylic oxidation sites excluding steroid dienone is 2. The number of carbonyl (C=O) groups is 5. The van der Waals surface area contributed by atoms with Crippen molar-refractivity contribution in [2.45, 2.75) is 51.4 Å². The Morgan fingerprint density at radius 3 is 2.53 bits per heavy atom. The molecule has 3 fully saturated rings. The third-order valence-electron chi connectivity index (χ3n) is 10.4. The molecule has 0 aromatic heterocycles. The largest absolute Gasteiger partial charge is 0.491 e. The number of rotatable bonds is 11. The fraction of sp³-hybridized carbons (Fsp3) is 0.457. The molecule has 4 amide bonds. The van der Waals surface area contributed by atoms with E-state index in [9.17, 15) is 33.5 Å². The lowest BCUT2D eigenvalue weighted by Crippen LogP contribution is -2.49. The second kappa shape index (κ2) is 12.8. The van der Waals surface area contributed by atoms with E-state index in [1.165, 1.54) is 17.0 Å². The number of ether oxygens (including phenoxy) is 1. The van der Waals surface area contributed by atoms with E-state index in [4.69, 9.17) is 21.4 Å². The molecule has 2 N–H and O–H groups in total. The van der Waals surface area contributed by atoms with E-state index in [0.29, 0.717) is 30.6 Å². The minimum absolute atomic E-state index is 0.00144. The third-order valence-corrected chi connectivity index (χ3v) is 10.7. The van der Waals surface area contributed by atoms with E-state index in [0.717, 1.165) is 16.5 Å². The summed E-state index contributed by atoms with van der Waals surface area (Å²) < 4.78 is 20.0. The molecule has 0 unspecified atom stereocenters. The van der Waals surface area contributed by atoms with Crippen LogP contribution in [-0.2, 0) is 24.0 Å². The van der Waals surface area contributed by atoms with Crippen molar-refractivity contribution < 1.29 is 43.3 Å². The summed E-state index contributed by atoms with van der Waals surface area (Å²) in [7, 11) is 0. The summed E-state index contributed by atoms with van der Waals surface area (Å²) in [5.41, 5.74) is 0.215. The number of amides is 4. The highest BCUT2D eigenvalue weighted by Gasteiger charge is 2.67. The monoisotopic (exact) mass is 666 g/mol. The highest BCUT2D eigenvalue weighted by molar-refractivity contribution is 6.31. The van der Waals surface area contributed by atoms with Crippen molar-refractivity contribution in [1.82, 2.24) is 4.90 Å². The number of para-hydroxylation sites is 1. The van der Waals surface area contributed by atoms with Gasteiger partial charge in [0.15, 0.2) is 0 Å². The number of imide groups is 2. The van der Waals surface area contributed by atoms with Crippen LogP contribution in [0, 0.1) is 34.9 Å². The minimum atomic E-state index is -1.33. The maximum absolute atomic E-state index is 14.6. The first-order chi connectivity index (χ1) is 22.5. The van der Waals surface area contributed by atoms with Crippen LogP contribution in [0.3, 0.4) is 0 Å². The molecule has 47 heavy (non-hydrogen) atoms. The smallest absolute Gasteiger partial charge is 0.303 e. The number of aliphatic carboxylic acids is 1. The molecule has 2 aromatic rings. The number of hydrogen-bond donors (Lipinski definition) is 2. The number of benzene rings is 2. The van der Waals surface area contributed by atoms with E-state index >= 15 is 0 Å². The molecule has 0 radical (unpaired) electrons. The molecule has 2 aliphatic heterocycles. The van der Waals surface area contributed by atoms with Gasteiger partial charge >= 0.3 is 5.97 Å². The van der Waals surface area contributed by atoms with Crippen molar-refractivity contribution in [3.05, 3.63) is 70.5 Å². The molecule has 1 saturated carbocycles. The Balaban J connectivity index is 1.41. The van der Waals surface area contributed by atoms with Crippen molar-refractivity contribution >= 4 is 46.9 Å². The van der Waals surface area contributed by atoms with Crippen LogP contribution in [0.15, 0.2) is 54.1 Å². The summed E-state index contributed by atoms with van der Waals surface area (Å²) in [5.74, 6) is -6.20. The predicted octanol–water partition coefficient (Wildman–Crippen LogP) is 4.73. The average molecular weight is 667 g/mol. The number of aliphatic hydroxyl groups is 1. The molecular formula is C35H36ClFN2O8. The summed E-state index contributed by atoms with van der Waals surface area (Å²) in [5, 5.41) is 18.2. The Bertz CT molecular complexity index is 1680. The van der Waals surface area contributed by atoms with Gasteiger partial charge in [-0.1, -0.05) is 47.9 Å². The van der Waals surface area contributed by atoms with E-state index in [1.807, 2.05) is 12.1 Å². The average Bonchev–Trinajstić information content (AvgIpc) is 3.40. The normalized spacial score (nSPS) is 28.3. The summed E-state index contributed by atoms with van der Waals surface area (Å²) in [6.45, 7) is 1.68. The summed E-state index contributed by atoms with van der Waals surface area (Å²) in [6, 6.07) is 10.8.